The fraction of sp³-hybridized carbons (Fsp3) is 0.333. The minimum atomic E-state index is -0.236. The first-order chi connectivity index (χ1) is 20.4. The average Bonchev–Trinajstić information content (AvgIpc) is 3.42. The molecule has 1 fully saturated rings. The second-order valence-electron chi connectivity index (χ2n) is 10.2. The highest BCUT2D eigenvalue weighted by atomic mass is 16.5. The van der Waals surface area contributed by atoms with Crippen LogP contribution in [0, 0.1) is 11.3 Å². The third kappa shape index (κ3) is 6.82. The van der Waals surface area contributed by atoms with Crippen molar-refractivity contribution in [3.63, 3.8) is 0 Å². The number of hydrogen-bond donors (Lipinski definition) is 1. The van der Waals surface area contributed by atoms with Crippen molar-refractivity contribution in [1.82, 2.24) is 34.5 Å². The molecule has 1 N–H and O–H groups in total. The molecule has 5 rings (SSSR count). The van der Waals surface area contributed by atoms with E-state index < -0.39 is 0 Å². The lowest BCUT2D eigenvalue weighted by atomic mass is 10.1. The Morgan fingerprint density at radius 2 is 1.90 bits per heavy atom. The predicted octanol–water partition coefficient (Wildman–Crippen LogP) is 3.60. The molecule has 0 spiro atoms. The van der Waals surface area contributed by atoms with Crippen molar-refractivity contribution >= 4 is 17.5 Å². The number of nitriles is 1. The van der Waals surface area contributed by atoms with Gasteiger partial charge in [-0.2, -0.15) is 10.4 Å². The molecule has 12 heteroatoms. The normalized spacial score (nSPS) is 14.5. The minimum absolute atomic E-state index is 0.00527. The summed E-state index contributed by atoms with van der Waals surface area (Å²) >= 11 is 0. The number of carbonyl (C=O) groups is 1. The average molecular weight is 568 g/mol. The molecule has 2 aromatic carbocycles. The number of carbonyl (C=O) groups excluding carboxylic acids is 1. The zero-order valence-electron chi connectivity index (χ0n) is 23.9. The van der Waals surface area contributed by atoms with Crippen LogP contribution in [0.2, 0.25) is 0 Å². The van der Waals surface area contributed by atoms with Crippen LogP contribution in [0.3, 0.4) is 0 Å². The van der Waals surface area contributed by atoms with Crippen molar-refractivity contribution in [1.29, 1.82) is 5.26 Å². The number of benzene rings is 2. The predicted molar refractivity (Wildman–Crippen MR) is 157 cm³/mol. The molecule has 1 aliphatic heterocycles. The lowest BCUT2D eigenvalue weighted by molar-refractivity contribution is 0.0762. The van der Waals surface area contributed by atoms with E-state index in [1.54, 1.807) is 54.8 Å². The number of likely N-dealkylation sites (N-methyl/N-ethyl adjacent to an activating group) is 1. The molecular weight excluding hydrogens is 534 g/mol. The van der Waals surface area contributed by atoms with Crippen molar-refractivity contribution in [2.24, 2.45) is 0 Å². The first-order valence-corrected chi connectivity index (χ1v) is 13.7. The number of aromatic nitrogens is 5. The summed E-state index contributed by atoms with van der Waals surface area (Å²) in [6.45, 7) is 5.68. The van der Waals surface area contributed by atoms with Crippen molar-refractivity contribution in [3.05, 3.63) is 72.6 Å². The van der Waals surface area contributed by atoms with E-state index in [1.807, 2.05) is 24.0 Å². The highest BCUT2D eigenvalue weighted by molar-refractivity contribution is 5.95. The van der Waals surface area contributed by atoms with E-state index in [9.17, 15) is 10.1 Å². The molecule has 0 bridgehead atoms. The van der Waals surface area contributed by atoms with Crippen LogP contribution >= 0.6 is 0 Å². The molecule has 216 valence electrons. The van der Waals surface area contributed by atoms with Gasteiger partial charge in [0, 0.05) is 43.2 Å². The van der Waals surface area contributed by atoms with Crippen LogP contribution in [-0.4, -0.2) is 86.9 Å². The number of ether oxygens (including phenoxy) is 2. The van der Waals surface area contributed by atoms with Gasteiger partial charge in [0.2, 0.25) is 5.95 Å². The summed E-state index contributed by atoms with van der Waals surface area (Å²) in [6.07, 6.45) is 7.19. The molecule has 1 aliphatic rings. The summed E-state index contributed by atoms with van der Waals surface area (Å²) in [4.78, 5) is 30.2. The smallest absolute Gasteiger partial charge is 0.254 e. The second-order valence-corrected chi connectivity index (χ2v) is 10.2. The Labute approximate surface area is 244 Å². The van der Waals surface area contributed by atoms with E-state index in [0.29, 0.717) is 47.4 Å². The maximum atomic E-state index is 13.1. The third-order valence-electron chi connectivity index (χ3n) is 7.03. The van der Waals surface area contributed by atoms with E-state index in [2.05, 4.69) is 43.4 Å². The number of methoxy groups -OCH3 is 1. The van der Waals surface area contributed by atoms with Gasteiger partial charge in [-0.1, -0.05) is 6.07 Å². The fourth-order valence-electron chi connectivity index (χ4n) is 4.76. The van der Waals surface area contributed by atoms with Crippen LogP contribution in [0.25, 0.3) is 11.1 Å². The molecule has 12 nitrogen and oxygen atoms in total. The molecule has 0 aliphatic carbocycles. The summed E-state index contributed by atoms with van der Waals surface area (Å²) < 4.78 is 13.3. The highest BCUT2D eigenvalue weighted by Gasteiger charge is 2.20. The molecule has 0 unspecified atom stereocenters. The Morgan fingerprint density at radius 1 is 1.07 bits per heavy atom. The standard InChI is InChI=1S/C30H33N9O3/c1-21(18-39-20-32-19-35-39)42-27-13-22(5-6-24(27)15-31)25-16-33-30(34-17-25)36-26-8-7-23(14-28(26)41-3)29(40)38-10-4-9-37(2)11-12-38/h5-8,13-14,16-17,19-21H,4,9-12,18H2,1-3H3,(H,33,34,36)/t21-/m0/s1. The van der Waals surface area contributed by atoms with Gasteiger partial charge in [-0.05, 0) is 62.8 Å². The number of nitrogens with zero attached hydrogens (tertiary/aromatic N) is 8. The van der Waals surface area contributed by atoms with Gasteiger partial charge in [0.1, 0.15) is 36.3 Å². The van der Waals surface area contributed by atoms with Gasteiger partial charge in [0.15, 0.2) is 0 Å². The van der Waals surface area contributed by atoms with Crippen molar-refractivity contribution in [2.45, 2.75) is 26.0 Å². The topological polar surface area (TPSA) is 134 Å². The quantitative estimate of drug-likeness (QED) is 0.320. The molecule has 42 heavy (non-hydrogen) atoms. The van der Waals surface area contributed by atoms with Crippen LogP contribution in [0.15, 0.2) is 61.4 Å². The largest absolute Gasteiger partial charge is 0.495 e. The van der Waals surface area contributed by atoms with Gasteiger partial charge in [-0.25, -0.2) is 19.6 Å². The van der Waals surface area contributed by atoms with Crippen LogP contribution < -0.4 is 14.8 Å². The monoisotopic (exact) mass is 567 g/mol. The molecular formula is C30H33N9O3. The maximum absolute atomic E-state index is 13.1. The lowest BCUT2D eigenvalue weighted by Crippen LogP contribution is -2.34. The van der Waals surface area contributed by atoms with Gasteiger partial charge in [-0.15, -0.1) is 0 Å². The molecule has 4 aromatic rings. The Hall–Kier alpha value is -5.02. The van der Waals surface area contributed by atoms with Gasteiger partial charge >= 0.3 is 0 Å². The van der Waals surface area contributed by atoms with Gasteiger partial charge in [0.25, 0.3) is 5.91 Å². The van der Waals surface area contributed by atoms with Gasteiger partial charge < -0.3 is 24.6 Å². The van der Waals surface area contributed by atoms with Gasteiger partial charge in [0.05, 0.1) is 24.9 Å². The fourth-order valence-corrected chi connectivity index (χ4v) is 4.76. The summed E-state index contributed by atoms with van der Waals surface area (Å²) in [6, 6.07) is 12.9. The third-order valence-corrected chi connectivity index (χ3v) is 7.03. The Balaban J connectivity index is 1.28. The van der Waals surface area contributed by atoms with Crippen LogP contribution in [0.5, 0.6) is 11.5 Å². The van der Waals surface area contributed by atoms with Crippen LogP contribution in [0.1, 0.15) is 29.3 Å². The van der Waals surface area contributed by atoms with Crippen LogP contribution in [-0.2, 0) is 6.54 Å². The second kappa shape index (κ2) is 13.1. The summed E-state index contributed by atoms with van der Waals surface area (Å²) in [5.41, 5.74) is 3.22. The molecule has 3 heterocycles. The SMILES string of the molecule is COc1cc(C(=O)N2CCCN(C)CC2)ccc1Nc1ncc(-c2ccc(C#N)c(O[C@@H](C)Cn3cncn3)c2)cn1. The molecule has 1 amide bonds. The number of nitrogens with one attached hydrogen (secondary N) is 1. The summed E-state index contributed by atoms with van der Waals surface area (Å²) in [5.74, 6) is 1.36. The Morgan fingerprint density at radius 3 is 2.64 bits per heavy atom. The zero-order chi connectivity index (χ0) is 29.5. The van der Waals surface area contributed by atoms with Crippen LogP contribution in [0.4, 0.5) is 11.6 Å². The number of anilines is 2. The Bertz CT molecular complexity index is 1550. The van der Waals surface area contributed by atoms with E-state index in [1.165, 1.54) is 6.33 Å². The minimum Gasteiger partial charge on any atom is -0.495 e. The number of hydrogen-bond acceptors (Lipinski definition) is 10. The van der Waals surface area contributed by atoms with E-state index >= 15 is 0 Å². The number of rotatable bonds is 9. The van der Waals surface area contributed by atoms with E-state index in [0.717, 1.165) is 37.2 Å². The number of amides is 1. The molecule has 0 saturated carbocycles. The Kier molecular flexibility index (Phi) is 8.89. The van der Waals surface area contributed by atoms with E-state index in [4.69, 9.17) is 9.47 Å². The first kappa shape index (κ1) is 28.5. The van der Waals surface area contributed by atoms with Crippen molar-refractivity contribution < 1.29 is 14.3 Å². The molecule has 1 atom stereocenters. The summed E-state index contributed by atoms with van der Waals surface area (Å²) in [5, 5.41) is 16.9. The zero-order valence-corrected chi connectivity index (χ0v) is 23.9. The van der Waals surface area contributed by atoms with Crippen molar-refractivity contribution in [2.75, 3.05) is 45.7 Å². The first-order valence-electron chi connectivity index (χ1n) is 13.7. The summed E-state index contributed by atoms with van der Waals surface area (Å²) in [7, 11) is 3.64. The van der Waals surface area contributed by atoms with Gasteiger partial charge in [-0.3, -0.25) is 4.79 Å². The molecule has 1 saturated heterocycles. The lowest BCUT2D eigenvalue weighted by Gasteiger charge is -2.21. The van der Waals surface area contributed by atoms with E-state index in [-0.39, 0.29) is 12.0 Å². The molecule has 0 radical (unpaired) electrons. The molecule has 2 aromatic heterocycles. The van der Waals surface area contributed by atoms with Crippen molar-refractivity contribution in [3.8, 4) is 28.7 Å². The maximum Gasteiger partial charge on any atom is 0.254 e. The highest BCUT2D eigenvalue weighted by Crippen LogP contribution is 2.30.